The van der Waals surface area contributed by atoms with Crippen LogP contribution in [0.3, 0.4) is 0 Å². The summed E-state index contributed by atoms with van der Waals surface area (Å²) in [5.74, 6) is 0.523. The van der Waals surface area contributed by atoms with Crippen LogP contribution < -0.4 is 31.3 Å². The van der Waals surface area contributed by atoms with Gasteiger partial charge < -0.3 is 50.0 Å². The van der Waals surface area contributed by atoms with Crippen LogP contribution in [0, 0.1) is 11.8 Å². The van der Waals surface area contributed by atoms with E-state index in [1.807, 2.05) is 54.9 Å². The smallest absolute Gasteiger partial charge is 0.255 e. The number of rotatable bonds is 30. The molecule has 0 saturated carbocycles. The van der Waals surface area contributed by atoms with E-state index in [0.29, 0.717) is 99.8 Å². The molecular weight excluding hydrogens is 1010 g/mol. The van der Waals surface area contributed by atoms with Crippen molar-refractivity contribution in [2.75, 3.05) is 77.0 Å². The second-order valence-electron chi connectivity index (χ2n) is 21.9. The van der Waals surface area contributed by atoms with Crippen LogP contribution in [-0.2, 0) is 41.7 Å². The molecule has 5 heterocycles. The van der Waals surface area contributed by atoms with E-state index < -0.39 is 11.9 Å². The standard InChI is InChI=1S/C63H84N8O9/c1-4-51-45(2)19-25-56(67-59(51)47-27-31-64-32-28-47)63(29-33-70(3)34-30-63)69-49-15-12-14-48(42-49)60(74)65-43-46-20-22-50(23-21-46)80-37-11-6-5-9-35-77-38-40-79-41-39-78-36-10-7-8-18-57(72)66-54-17-13-16-52-53(54)44-71(62(52)76)55-24-26-58(73)68-61(55)75/h12-17,20-23,25,27-28,31-32,42,45,51,55,59,67,69H,4-11,18-19,24,26,29-30,33-41,43-44H2,1-3H3,(H,65,74)(H,66,72)(H,68,73,75). The van der Waals surface area contributed by atoms with Gasteiger partial charge in [0.25, 0.3) is 11.8 Å². The number of ether oxygens (including phenoxy) is 4. The minimum atomic E-state index is -0.704. The number of pyridine rings is 1. The number of allylic oxidation sites excluding steroid dienone is 1. The molecule has 4 aliphatic heterocycles. The van der Waals surface area contributed by atoms with Crippen molar-refractivity contribution in [3.63, 3.8) is 0 Å². The number of nitrogens with zero attached hydrogens (tertiary/aromatic N) is 3. The van der Waals surface area contributed by atoms with E-state index in [0.717, 1.165) is 94.3 Å². The number of amides is 5. The Morgan fingerprint density at radius 2 is 1.49 bits per heavy atom. The fourth-order valence-electron chi connectivity index (χ4n) is 11.5. The van der Waals surface area contributed by atoms with Gasteiger partial charge in [0.05, 0.1) is 44.6 Å². The van der Waals surface area contributed by atoms with Crippen molar-refractivity contribution in [3.05, 3.63) is 131 Å². The average Bonchev–Trinajstić information content (AvgIpc) is 3.75. The number of carbonyl (C=O) groups excluding carboxylic acids is 5. The zero-order valence-electron chi connectivity index (χ0n) is 47.2. The maximum atomic E-state index is 13.6. The van der Waals surface area contributed by atoms with Crippen LogP contribution >= 0.6 is 0 Å². The molecule has 4 unspecified atom stereocenters. The molecule has 80 heavy (non-hydrogen) atoms. The van der Waals surface area contributed by atoms with E-state index in [-0.39, 0.29) is 54.6 Å². The van der Waals surface area contributed by atoms with Gasteiger partial charge in [-0.1, -0.05) is 63.5 Å². The van der Waals surface area contributed by atoms with Crippen LogP contribution in [0.4, 0.5) is 11.4 Å². The van der Waals surface area contributed by atoms with Gasteiger partial charge in [0, 0.05) is 98.4 Å². The fourth-order valence-corrected chi connectivity index (χ4v) is 11.5. The van der Waals surface area contributed by atoms with Crippen LogP contribution in [0.2, 0.25) is 0 Å². The largest absolute Gasteiger partial charge is 0.494 e. The van der Waals surface area contributed by atoms with Crippen molar-refractivity contribution in [2.24, 2.45) is 11.8 Å². The highest BCUT2D eigenvalue weighted by Crippen LogP contribution is 2.41. The van der Waals surface area contributed by atoms with E-state index in [1.54, 1.807) is 18.2 Å². The van der Waals surface area contributed by atoms with Crippen molar-refractivity contribution in [1.29, 1.82) is 0 Å². The normalized spacial score (nSPS) is 20.0. The Morgan fingerprint density at radius 1 is 0.800 bits per heavy atom. The van der Waals surface area contributed by atoms with E-state index >= 15 is 0 Å². The molecule has 17 nitrogen and oxygen atoms in total. The van der Waals surface area contributed by atoms with Crippen LogP contribution in [-0.4, -0.2) is 122 Å². The van der Waals surface area contributed by atoms with Crippen molar-refractivity contribution >= 4 is 40.9 Å². The van der Waals surface area contributed by atoms with Gasteiger partial charge in [0.2, 0.25) is 17.7 Å². The Morgan fingerprint density at radius 3 is 2.20 bits per heavy atom. The molecule has 430 valence electrons. The molecule has 0 bridgehead atoms. The first-order chi connectivity index (χ1) is 39.0. The first kappa shape index (κ1) is 59.5. The summed E-state index contributed by atoms with van der Waals surface area (Å²) in [5.41, 5.74) is 6.53. The number of carbonyl (C=O) groups is 5. The first-order valence-electron chi connectivity index (χ1n) is 29.2. The summed E-state index contributed by atoms with van der Waals surface area (Å²) in [7, 11) is 2.19. The van der Waals surface area contributed by atoms with Gasteiger partial charge in [0.1, 0.15) is 11.8 Å². The molecule has 1 aromatic heterocycles. The van der Waals surface area contributed by atoms with Crippen LogP contribution in [0.15, 0.2) is 103 Å². The number of fused-ring (bicyclic) bond motifs is 1. The average molecular weight is 1100 g/mol. The molecular formula is C63H84N8O9. The van der Waals surface area contributed by atoms with E-state index in [9.17, 15) is 24.0 Å². The Labute approximate surface area is 472 Å². The third-order valence-corrected chi connectivity index (χ3v) is 16.2. The van der Waals surface area contributed by atoms with Crippen LogP contribution in [0.1, 0.15) is 147 Å². The highest BCUT2D eigenvalue weighted by molar-refractivity contribution is 6.06. The predicted octanol–water partition coefficient (Wildman–Crippen LogP) is 9.12. The molecule has 5 amide bonds. The van der Waals surface area contributed by atoms with Gasteiger partial charge in [-0.2, -0.15) is 0 Å². The minimum Gasteiger partial charge on any atom is -0.494 e. The van der Waals surface area contributed by atoms with Crippen molar-refractivity contribution in [2.45, 2.75) is 134 Å². The molecule has 2 saturated heterocycles. The fraction of sp³-hybridized carbons (Fsp3) is 0.524. The number of likely N-dealkylation sites (tertiary alicyclic amines) is 1. The van der Waals surface area contributed by atoms with Crippen molar-refractivity contribution < 1.29 is 42.9 Å². The number of imide groups is 1. The van der Waals surface area contributed by atoms with Gasteiger partial charge in [-0.15, -0.1) is 0 Å². The van der Waals surface area contributed by atoms with Crippen LogP contribution in [0.25, 0.3) is 0 Å². The summed E-state index contributed by atoms with van der Waals surface area (Å²) in [6.07, 6.45) is 17.5. The van der Waals surface area contributed by atoms with Gasteiger partial charge in [-0.3, -0.25) is 34.3 Å². The lowest BCUT2D eigenvalue weighted by atomic mass is 9.81. The first-order valence-corrected chi connectivity index (χ1v) is 29.2. The van der Waals surface area contributed by atoms with E-state index in [4.69, 9.17) is 18.9 Å². The summed E-state index contributed by atoms with van der Waals surface area (Å²) >= 11 is 0. The number of piperidine rings is 2. The number of hydrogen-bond acceptors (Lipinski definition) is 13. The SMILES string of the molecule is CCC1C(C)CC=C(C2(Nc3cccc(C(=O)NCc4ccc(OCCCCCCOCCOCCOCCCCCC(=O)Nc5cccc6c5CN(C5CCC(=O)NC5=O)C6=O)cc4)c3)CCN(C)CC2)NC1c1ccncc1. The zero-order valence-corrected chi connectivity index (χ0v) is 47.2. The molecule has 8 rings (SSSR count). The molecule has 4 aliphatic rings. The van der Waals surface area contributed by atoms with Crippen molar-refractivity contribution in [1.82, 2.24) is 30.7 Å². The van der Waals surface area contributed by atoms with Crippen LogP contribution in [0.5, 0.6) is 5.75 Å². The summed E-state index contributed by atoms with van der Waals surface area (Å²) in [6.45, 7) is 11.2. The Bertz CT molecular complexity index is 2700. The third-order valence-electron chi connectivity index (χ3n) is 16.2. The topological polar surface area (TPSA) is 202 Å². The maximum absolute atomic E-state index is 13.6. The van der Waals surface area contributed by atoms with Gasteiger partial charge in [0.15, 0.2) is 0 Å². The Hall–Kier alpha value is -6.66. The molecule has 0 aliphatic carbocycles. The summed E-state index contributed by atoms with van der Waals surface area (Å²) in [5, 5.41) is 16.4. The molecule has 0 radical (unpaired) electrons. The maximum Gasteiger partial charge on any atom is 0.255 e. The van der Waals surface area contributed by atoms with E-state index in [2.05, 4.69) is 81.6 Å². The number of benzene rings is 3. The third kappa shape index (κ3) is 16.7. The number of aromatic nitrogens is 1. The van der Waals surface area contributed by atoms with Gasteiger partial charge in [-0.25, -0.2) is 0 Å². The molecule has 4 atom stereocenters. The highest BCUT2D eigenvalue weighted by Gasteiger charge is 2.42. The molecule has 5 N–H and O–H groups in total. The molecule has 3 aromatic carbocycles. The lowest BCUT2D eigenvalue weighted by Crippen LogP contribution is -2.53. The van der Waals surface area contributed by atoms with E-state index in [1.165, 1.54) is 16.2 Å². The highest BCUT2D eigenvalue weighted by atomic mass is 16.5. The molecule has 2 fully saturated rings. The lowest BCUT2D eigenvalue weighted by molar-refractivity contribution is -0.137. The lowest BCUT2D eigenvalue weighted by Gasteiger charge is -2.45. The second kappa shape index (κ2) is 30.2. The Balaban J connectivity index is 0.627. The number of anilines is 2. The summed E-state index contributed by atoms with van der Waals surface area (Å²) in [4.78, 5) is 71.6. The van der Waals surface area contributed by atoms with Gasteiger partial charge >= 0.3 is 0 Å². The van der Waals surface area contributed by atoms with Gasteiger partial charge in [-0.05, 0) is 142 Å². The number of unbranched alkanes of at least 4 members (excludes halogenated alkanes) is 5. The molecule has 4 aromatic rings. The quantitative estimate of drug-likeness (QED) is 0.0245. The summed E-state index contributed by atoms with van der Waals surface area (Å²) < 4.78 is 23.1. The monoisotopic (exact) mass is 1100 g/mol. The predicted molar refractivity (Wildman–Crippen MR) is 309 cm³/mol. The summed E-state index contributed by atoms with van der Waals surface area (Å²) in [6, 6.07) is 24.8. The zero-order chi connectivity index (χ0) is 56.1. The second-order valence-corrected chi connectivity index (χ2v) is 21.9. The Kier molecular flexibility index (Phi) is 22.5. The minimum absolute atomic E-state index is 0.111. The number of nitrogens with one attached hydrogen (secondary N) is 5. The number of hydrogen-bond donors (Lipinski definition) is 5. The van der Waals surface area contributed by atoms with Crippen molar-refractivity contribution in [3.8, 4) is 5.75 Å². The molecule has 17 heteroatoms. The molecule has 0 spiro atoms.